The molecule has 4 aromatic rings. The van der Waals surface area contributed by atoms with Crippen LogP contribution in [-0.2, 0) is 19.1 Å². The van der Waals surface area contributed by atoms with Crippen molar-refractivity contribution in [2.45, 2.75) is 83.8 Å². The average Bonchev–Trinajstić information content (AvgIpc) is 4.06. The number of fused-ring (bicyclic) bond motifs is 2. The minimum Gasteiger partial charge on any atom is -0.453 e. The molecule has 3 unspecified atom stereocenters. The normalized spacial score (nSPS) is 22.0. The van der Waals surface area contributed by atoms with Gasteiger partial charge < -0.3 is 29.7 Å². The van der Waals surface area contributed by atoms with E-state index in [2.05, 4.69) is 74.2 Å². The Balaban J connectivity index is 1.02. The van der Waals surface area contributed by atoms with E-state index in [1.54, 1.807) is 6.20 Å². The van der Waals surface area contributed by atoms with Crippen molar-refractivity contribution >= 4 is 24.0 Å². The molecule has 2 aliphatic carbocycles. The number of carbonyl (C=O) groups is 4. The molecule has 4 amide bonds. The van der Waals surface area contributed by atoms with Crippen LogP contribution in [0.5, 0.6) is 0 Å². The second-order valence-corrected chi connectivity index (χ2v) is 15.9. The molecule has 296 valence electrons. The molecule has 2 saturated carbocycles. The maximum Gasteiger partial charge on any atom is 0.425 e. The molecule has 1 saturated heterocycles. The largest absolute Gasteiger partial charge is 0.453 e. The van der Waals surface area contributed by atoms with Gasteiger partial charge in [0.2, 0.25) is 11.8 Å². The highest BCUT2D eigenvalue weighted by atomic mass is 16.5. The van der Waals surface area contributed by atoms with E-state index in [0.29, 0.717) is 12.5 Å². The molecule has 3 aliphatic rings. The molecule has 2 aromatic heterocycles. The zero-order chi connectivity index (χ0) is 39.7. The number of hydrogen-bond donors (Lipinski definition) is 4. The molecule has 2 bridgehead atoms. The molecule has 14 heteroatoms. The fourth-order valence-corrected chi connectivity index (χ4v) is 8.97. The first-order valence-corrected chi connectivity index (χ1v) is 19.6. The number of nitrogens with zero attached hydrogens (tertiary/aromatic N) is 4. The van der Waals surface area contributed by atoms with Gasteiger partial charge in [-0.2, -0.15) is 0 Å². The standard InChI is InChI=1S/C42H52N8O6/c1-23(2)36(47-41(53)55-5)40(52)49-19-7-8-33(49)37-43-21-31(45-37)27-13-9-25(10-14-27)26-11-15-28(16-12-26)32-22-44-38(46-32)34-29-17-18-30(20-29)35(34)39(51)50(24(3)4)48-42(54)56-6/h9-16,21-24,29-30,33-36H,7-8,17-20H2,1-6H3,(H,43,45)(H,44,46)(H,47,53)(H,48,54)/t29?,30?,33-,34?,35-,36-/m0/s1. The molecule has 7 rings (SSSR count). The van der Waals surface area contributed by atoms with Gasteiger partial charge in [0.25, 0.3) is 0 Å². The summed E-state index contributed by atoms with van der Waals surface area (Å²) in [5.41, 5.74) is 8.48. The molecule has 0 spiro atoms. The zero-order valence-corrected chi connectivity index (χ0v) is 32.9. The molecule has 4 N–H and O–H groups in total. The van der Waals surface area contributed by atoms with Gasteiger partial charge in [-0.1, -0.05) is 62.4 Å². The lowest BCUT2D eigenvalue weighted by atomic mass is 9.78. The van der Waals surface area contributed by atoms with Crippen LogP contribution in [0.3, 0.4) is 0 Å². The molecule has 6 atom stereocenters. The van der Waals surface area contributed by atoms with Crippen molar-refractivity contribution in [3.63, 3.8) is 0 Å². The Labute approximate surface area is 327 Å². The number of amides is 4. The minimum atomic E-state index is -0.687. The van der Waals surface area contributed by atoms with E-state index in [-0.39, 0.29) is 47.6 Å². The lowest BCUT2D eigenvalue weighted by Crippen LogP contribution is -2.53. The second kappa shape index (κ2) is 16.2. The molecule has 56 heavy (non-hydrogen) atoms. The van der Waals surface area contributed by atoms with E-state index in [9.17, 15) is 19.2 Å². The van der Waals surface area contributed by atoms with Crippen LogP contribution in [0.4, 0.5) is 9.59 Å². The van der Waals surface area contributed by atoms with Crippen LogP contribution < -0.4 is 10.7 Å². The number of aromatic amines is 2. The summed E-state index contributed by atoms with van der Waals surface area (Å²) in [5.74, 6) is 1.50. The van der Waals surface area contributed by atoms with Crippen LogP contribution in [0.1, 0.15) is 83.4 Å². The maximum absolute atomic E-state index is 13.9. The molecule has 3 heterocycles. The van der Waals surface area contributed by atoms with Crippen molar-refractivity contribution in [3.05, 3.63) is 72.6 Å². The lowest BCUT2D eigenvalue weighted by Gasteiger charge is -2.35. The van der Waals surface area contributed by atoms with Crippen molar-refractivity contribution in [1.29, 1.82) is 0 Å². The summed E-state index contributed by atoms with van der Waals surface area (Å²) in [6, 6.07) is 15.5. The van der Waals surface area contributed by atoms with Crippen LogP contribution in [0.2, 0.25) is 0 Å². The van der Waals surface area contributed by atoms with Crippen molar-refractivity contribution in [2.75, 3.05) is 20.8 Å². The van der Waals surface area contributed by atoms with Crippen molar-refractivity contribution in [2.24, 2.45) is 23.7 Å². The Bertz CT molecular complexity index is 2040. The molecule has 1 aliphatic heterocycles. The smallest absolute Gasteiger partial charge is 0.425 e. The summed E-state index contributed by atoms with van der Waals surface area (Å²) >= 11 is 0. The quantitative estimate of drug-likeness (QED) is 0.127. The van der Waals surface area contributed by atoms with Gasteiger partial charge in [0.05, 0.1) is 50.0 Å². The fourth-order valence-electron chi connectivity index (χ4n) is 8.97. The highest BCUT2D eigenvalue weighted by Gasteiger charge is 2.54. The van der Waals surface area contributed by atoms with Crippen molar-refractivity contribution in [3.8, 4) is 33.6 Å². The van der Waals surface area contributed by atoms with E-state index < -0.39 is 18.2 Å². The number of imidazole rings is 2. The second-order valence-electron chi connectivity index (χ2n) is 15.9. The number of hydrazine groups is 1. The Morgan fingerprint density at radius 2 is 1.32 bits per heavy atom. The van der Waals surface area contributed by atoms with E-state index in [4.69, 9.17) is 14.5 Å². The number of methoxy groups -OCH3 is 2. The van der Waals surface area contributed by atoms with Crippen molar-refractivity contribution in [1.82, 2.24) is 40.6 Å². The first-order valence-electron chi connectivity index (χ1n) is 19.6. The molecular formula is C42H52N8O6. The number of carbonyl (C=O) groups excluding carboxylic acids is 4. The number of alkyl carbamates (subject to hydrolysis) is 1. The lowest BCUT2D eigenvalue weighted by molar-refractivity contribution is -0.143. The highest BCUT2D eigenvalue weighted by molar-refractivity contribution is 5.86. The average molecular weight is 765 g/mol. The number of H-pyrrole nitrogens is 2. The third-order valence-electron chi connectivity index (χ3n) is 11.8. The SMILES string of the molecule is COC(=O)N[C@H](C(=O)N1CCC[C@H]1c1ncc(-c2ccc(-c3ccc(-c4cnc(C5C6CCC(C6)[C@@H]5C(=O)N(NC(=O)OC)C(C)C)[nH]4)cc3)cc2)[nH]1)C(C)C. The Morgan fingerprint density at radius 1 is 0.768 bits per heavy atom. The Morgan fingerprint density at radius 3 is 1.89 bits per heavy atom. The number of nitrogens with one attached hydrogen (secondary N) is 4. The van der Waals surface area contributed by atoms with Crippen LogP contribution in [0.15, 0.2) is 60.9 Å². The van der Waals surface area contributed by atoms with Gasteiger partial charge in [-0.3, -0.25) is 9.59 Å². The highest BCUT2D eigenvalue weighted by Crippen LogP contribution is 2.56. The number of hydrogen-bond acceptors (Lipinski definition) is 8. The third kappa shape index (κ3) is 7.61. The number of aromatic nitrogens is 4. The minimum absolute atomic E-state index is 0.0494. The number of rotatable bonds is 10. The molecule has 14 nitrogen and oxygen atoms in total. The van der Waals surface area contributed by atoms with E-state index >= 15 is 0 Å². The topological polar surface area (TPSA) is 175 Å². The summed E-state index contributed by atoms with van der Waals surface area (Å²) in [6.07, 6.45) is 7.05. The third-order valence-corrected chi connectivity index (χ3v) is 11.8. The van der Waals surface area contributed by atoms with Gasteiger partial charge in [0.15, 0.2) is 0 Å². The van der Waals surface area contributed by atoms with Crippen LogP contribution in [0, 0.1) is 23.7 Å². The van der Waals surface area contributed by atoms with Crippen LogP contribution in [0.25, 0.3) is 33.6 Å². The van der Waals surface area contributed by atoms with Gasteiger partial charge >= 0.3 is 12.2 Å². The van der Waals surface area contributed by atoms with E-state index in [1.165, 1.54) is 19.2 Å². The zero-order valence-electron chi connectivity index (χ0n) is 32.9. The number of ether oxygens (including phenoxy) is 2. The van der Waals surface area contributed by atoms with E-state index in [1.807, 2.05) is 38.8 Å². The van der Waals surface area contributed by atoms with Gasteiger partial charge in [-0.15, -0.1) is 0 Å². The van der Waals surface area contributed by atoms with Crippen LogP contribution in [-0.4, -0.2) is 86.7 Å². The fraction of sp³-hybridized carbons (Fsp3) is 0.476. The van der Waals surface area contributed by atoms with Gasteiger partial charge in [-0.25, -0.2) is 30.0 Å². The first-order chi connectivity index (χ1) is 27.0. The summed E-state index contributed by atoms with van der Waals surface area (Å²) in [4.78, 5) is 69.8. The number of benzene rings is 2. The maximum atomic E-state index is 13.9. The monoisotopic (exact) mass is 764 g/mol. The summed E-state index contributed by atoms with van der Waals surface area (Å²) in [7, 11) is 2.58. The van der Waals surface area contributed by atoms with Crippen molar-refractivity contribution < 1.29 is 28.7 Å². The predicted molar refractivity (Wildman–Crippen MR) is 209 cm³/mol. The van der Waals surface area contributed by atoms with Gasteiger partial charge in [0, 0.05) is 18.5 Å². The molecule has 0 radical (unpaired) electrons. The Hall–Kier alpha value is -5.66. The van der Waals surface area contributed by atoms with E-state index in [0.717, 1.165) is 77.4 Å². The molecule has 2 aromatic carbocycles. The van der Waals surface area contributed by atoms with Gasteiger partial charge in [0.1, 0.15) is 17.7 Å². The Kier molecular flexibility index (Phi) is 11.2. The molecular weight excluding hydrogens is 713 g/mol. The van der Waals surface area contributed by atoms with Gasteiger partial charge in [-0.05, 0) is 86.0 Å². The summed E-state index contributed by atoms with van der Waals surface area (Å²) < 4.78 is 9.55. The summed E-state index contributed by atoms with van der Waals surface area (Å²) in [5, 5.41) is 4.11. The first kappa shape index (κ1) is 38.6. The van der Waals surface area contributed by atoms with Crippen LogP contribution >= 0.6 is 0 Å². The summed E-state index contributed by atoms with van der Waals surface area (Å²) in [6.45, 7) is 8.15. The number of likely N-dealkylation sites (tertiary alicyclic amines) is 1. The predicted octanol–water partition coefficient (Wildman–Crippen LogP) is 6.82. The molecule has 3 fully saturated rings.